The van der Waals surface area contributed by atoms with Crippen molar-refractivity contribution in [2.24, 2.45) is 5.41 Å². The van der Waals surface area contributed by atoms with Gasteiger partial charge in [0.2, 0.25) is 0 Å². The highest BCUT2D eigenvalue weighted by molar-refractivity contribution is 5.42. The second-order valence-electron chi connectivity index (χ2n) is 5.50. The van der Waals surface area contributed by atoms with Gasteiger partial charge in [0.05, 0.1) is 13.7 Å². The van der Waals surface area contributed by atoms with Crippen LogP contribution in [0.15, 0.2) is 18.2 Å². The number of hydrogen-bond donors (Lipinski definition) is 2. The van der Waals surface area contributed by atoms with Crippen molar-refractivity contribution in [2.45, 2.75) is 32.7 Å². The summed E-state index contributed by atoms with van der Waals surface area (Å²) in [5.41, 5.74) is 1.54. The van der Waals surface area contributed by atoms with E-state index in [2.05, 4.69) is 11.4 Å². The van der Waals surface area contributed by atoms with E-state index >= 15 is 0 Å². The lowest BCUT2D eigenvalue weighted by molar-refractivity contribution is 0.245. The Balaban J connectivity index is 1.88. The maximum atomic E-state index is 9.05. The van der Waals surface area contributed by atoms with Crippen LogP contribution in [0.1, 0.15) is 31.7 Å². The highest BCUT2D eigenvalue weighted by Gasteiger charge is 2.41. The Morgan fingerprint density at radius 3 is 2.70 bits per heavy atom. The number of aliphatic hydroxyl groups excluding tert-OH is 1. The standard InChI is InChI=1S/C16H25NO3/c1-3-20-15-10-13(4-5-14(15)19-2)11-17-12-16(6-7-16)8-9-18/h4-5,10,17-18H,3,6-9,11-12H2,1-2H3. The number of aliphatic hydroxyl groups is 1. The van der Waals surface area contributed by atoms with Crippen molar-refractivity contribution in [2.75, 3.05) is 26.9 Å². The first-order valence-corrected chi connectivity index (χ1v) is 7.34. The smallest absolute Gasteiger partial charge is 0.161 e. The third-order valence-electron chi connectivity index (χ3n) is 3.96. The summed E-state index contributed by atoms with van der Waals surface area (Å²) in [7, 11) is 1.65. The zero-order valence-corrected chi connectivity index (χ0v) is 12.4. The second kappa shape index (κ2) is 6.95. The van der Waals surface area contributed by atoms with Crippen LogP contribution in [-0.4, -0.2) is 32.0 Å². The first kappa shape index (κ1) is 15.1. The Kier molecular flexibility index (Phi) is 5.26. The van der Waals surface area contributed by atoms with Gasteiger partial charge in [0, 0.05) is 19.7 Å². The van der Waals surface area contributed by atoms with Crippen LogP contribution in [0.25, 0.3) is 0 Å². The lowest BCUT2D eigenvalue weighted by Crippen LogP contribution is -2.24. The normalized spacial score (nSPS) is 15.9. The quantitative estimate of drug-likeness (QED) is 0.728. The van der Waals surface area contributed by atoms with Gasteiger partial charge < -0.3 is 19.9 Å². The fourth-order valence-electron chi connectivity index (χ4n) is 2.50. The lowest BCUT2D eigenvalue weighted by Gasteiger charge is -2.15. The molecule has 0 atom stereocenters. The van der Waals surface area contributed by atoms with Crippen molar-refractivity contribution in [3.8, 4) is 11.5 Å². The van der Waals surface area contributed by atoms with Crippen LogP contribution in [0.5, 0.6) is 11.5 Å². The fraction of sp³-hybridized carbons (Fsp3) is 0.625. The van der Waals surface area contributed by atoms with Gasteiger partial charge in [0.1, 0.15) is 0 Å². The van der Waals surface area contributed by atoms with Crippen LogP contribution in [0.3, 0.4) is 0 Å². The Labute approximate surface area is 121 Å². The van der Waals surface area contributed by atoms with Gasteiger partial charge in [-0.05, 0) is 49.3 Å². The summed E-state index contributed by atoms with van der Waals surface area (Å²) in [6.07, 6.45) is 3.37. The van der Waals surface area contributed by atoms with Gasteiger partial charge in [0.15, 0.2) is 11.5 Å². The maximum Gasteiger partial charge on any atom is 0.161 e. The molecule has 0 amide bonds. The number of rotatable bonds is 9. The van der Waals surface area contributed by atoms with Gasteiger partial charge in [-0.2, -0.15) is 0 Å². The zero-order valence-electron chi connectivity index (χ0n) is 12.4. The summed E-state index contributed by atoms with van der Waals surface area (Å²) < 4.78 is 10.9. The lowest BCUT2D eigenvalue weighted by atomic mass is 10.0. The molecule has 1 fully saturated rings. The summed E-state index contributed by atoms with van der Waals surface area (Å²) in [6.45, 7) is 4.68. The maximum absolute atomic E-state index is 9.05. The van der Waals surface area contributed by atoms with Crippen LogP contribution in [0.4, 0.5) is 0 Å². The summed E-state index contributed by atoms with van der Waals surface area (Å²) >= 11 is 0. The Morgan fingerprint density at radius 2 is 2.10 bits per heavy atom. The predicted molar refractivity (Wildman–Crippen MR) is 79.2 cm³/mol. The molecule has 4 nitrogen and oxygen atoms in total. The van der Waals surface area contributed by atoms with E-state index in [4.69, 9.17) is 14.6 Å². The molecule has 4 heteroatoms. The molecule has 0 spiro atoms. The average Bonchev–Trinajstić information content (AvgIpc) is 3.20. The Hall–Kier alpha value is -1.26. The van der Waals surface area contributed by atoms with E-state index in [1.54, 1.807) is 7.11 Å². The molecular formula is C16H25NO3. The third-order valence-corrected chi connectivity index (χ3v) is 3.96. The van der Waals surface area contributed by atoms with E-state index in [-0.39, 0.29) is 0 Å². The molecule has 0 aliphatic heterocycles. The minimum Gasteiger partial charge on any atom is -0.493 e. The highest BCUT2D eigenvalue weighted by atomic mass is 16.5. The van der Waals surface area contributed by atoms with Crippen LogP contribution >= 0.6 is 0 Å². The summed E-state index contributed by atoms with van der Waals surface area (Å²) in [5, 5.41) is 12.5. The molecule has 0 bridgehead atoms. The minimum atomic E-state index is 0.290. The van der Waals surface area contributed by atoms with Gasteiger partial charge in [-0.1, -0.05) is 6.07 Å². The molecule has 1 aliphatic rings. The third kappa shape index (κ3) is 3.87. The molecule has 1 aromatic rings. The molecule has 0 heterocycles. The van der Waals surface area contributed by atoms with Crippen molar-refractivity contribution in [3.63, 3.8) is 0 Å². The first-order chi connectivity index (χ1) is 9.73. The van der Waals surface area contributed by atoms with E-state index in [0.717, 1.165) is 31.0 Å². The zero-order chi connectivity index (χ0) is 14.4. The van der Waals surface area contributed by atoms with Gasteiger partial charge in [0.25, 0.3) is 0 Å². The largest absolute Gasteiger partial charge is 0.493 e. The molecule has 0 unspecified atom stereocenters. The number of ether oxygens (including phenoxy) is 2. The fourth-order valence-corrected chi connectivity index (χ4v) is 2.50. The van der Waals surface area contributed by atoms with Crippen LogP contribution < -0.4 is 14.8 Å². The monoisotopic (exact) mass is 279 g/mol. The van der Waals surface area contributed by atoms with E-state index in [1.807, 2.05) is 19.1 Å². The number of hydrogen-bond acceptors (Lipinski definition) is 4. The highest BCUT2D eigenvalue weighted by Crippen LogP contribution is 2.47. The Bertz CT molecular complexity index is 430. The summed E-state index contributed by atoms with van der Waals surface area (Å²) in [5.74, 6) is 1.57. The van der Waals surface area contributed by atoms with Gasteiger partial charge in [-0.25, -0.2) is 0 Å². The van der Waals surface area contributed by atoms with Crippen molar-refractivity contribution >= 4 is 0 Å². The van der Waals surface area contributed by atoms with Crippen molar-refractivity contribution < 1.29 is 14.6 Å². The molecule has 1 saturated carbocycles. The molecule has 1 aromatic carbocycles. The van der Waals surface area contributed by atoms with Crippen LogP contribution in [0, 0.1) is 5.41 Å². The van der Waals surface area contributed by atoms with E-state index in [1.165, 1.54) is 18.4 Å². The average molecular weight is 279 g/mol. The first-order valence-electron chi connectivity index (χ1n) is 7.34. The van der Waals surface area contributed by atoms with Crippen molar-refractivity contribution in [1.29, 1.82) is 0 Å². The number of methoxy groups -OCH3 is 1. The Morgan fingerprint density at radius 1 is 1.30 bits per heavy atom. The summed E-state index contributed by atoms with van der Waals surface area (Å²) in [4.78, 5) is 0. The molecule has 0 saturated heterocycles. The predicted octanol–water partition coefficient (Wildman–Crippen LogP) is 2.35. The molecule has 0 aromatic heterocycles. The SMILES string of the molecule is CCOc1cc(CNCC2(CCO)CC2)ccc1OC. The molecule has 2 rings (SSSR count). The molecule has 112 valence electrons. The van der Waals surface area contributed by atoms with E-state index in [9.17, 15) is 0 Å². The number of nitrogens with one attached hydrogen (secondary N) is 1. The van der Waals surface area contributed by atoms with E-state index in [0.29, 0.717) is 18.6 Å². The molecule has 2 N–H and O–H groups in total. The number of benzene rings is 1. The topological polar surface area (TPSA) is 50.7 Å². The van der Waals surface area contributed by atoms with Crippen molar-refractivity contribution in [3.05, 3.63) is 23.8 Å². The van der Waals surface area contributed by atoms with Crippen molar-refractivity contribution in [1.82, 2.24) is 5.32 Å². The van der Waals surface area contributed by atoms with E-state index < -0.39 is 0 Å². The minimum absolute atomic E-state index is 0.290. The second-order valence-corrected chi connectivity index (χ2v) is 5.50. The summed E-state index contributed by atoms with van der Waals surface area (Å²) in [6, 6.07) is 6.03. The van der Waals surface area contributed by atoms with Gasteiger partial charge in [-0.15, -0.1) is 0 Å². The van der Waals surface area contributed by atoms with Gasteiger partial charge >= 0.3 is 0 Å². The molecular weight excluding hydrogens is 254 g/mol. The molecule has 20 heavy (non-hydrogen) atoms. The molecule has 1 aliphatic carbocycles. The van der Waals surface area contributed by atoms with Gasteiger partial charge in [-0.3, -0.25) is 0 Å². The van der Waals surface area contributed by atoms with Crippen LogP contribution in [0.2, 0.25) is 0 Å². The molecule has 0 radical (unpaired) electrons. The van der Waals surface area contributed by atoms with Crippen LogP contribution in [-0.2, 0) is 6.54 Å².